The summed E-state index contributed by atoms with van der Waals surface area (Å²) in [6, 6.07) is 28.5. The second kappa shape index (κ2) is 11.9. The molecule has 2 N–H and O–H groups in total. The van der Waals surface area contributed by atoms with Gasteiger partial charge in [-0.2, -0.15) is 0 Å². The number of nitrogens with one attached hydrogen (secondary N) is 2. The highest BCUT2D eigenvalue weighted by atomic mass is 16.5. The molecule has 7 rings (SSSR count). The summed E-state index contributed by atoms with van der Waals surface area (Å²) in [5, 5.41) is 13.9. The molecule has 0 radical (unpaired) electrons. The van der Waals surface area contributed by atoms with Gasteiger partial charge in [-0.05, 0) is 73.9 Å². The van der Waals surface area contributed by atoms with Crippen molar-refractivity contribution in [3.63, 3.8) is 0 Å². The van der Waals surface area contributed by atoms with Gasteiger partial charge in [0.05, 0.1) is 13.2 Å². The van der Waals surface area contributed by atoms with E-state index in [1.165, 1.54) is 48.9 Å². The zero-order valence-electron chi connectivity index (χ0n) is 22.8. The van der Waals surface area contributed by atoms with E-state index in [2.05, 4.69) is 89.5 Å². The Morgan fingerprint density at radius 1 is 0.769 bits per heavy atom. The average molecular weight is 516 g/mol. The van der Waals surface area contributed by atoms with E-state index in [0.717, 1.165) is 24.0 Å². The Hall–Kier alpha value is -3.19. The number of ether oxygens (including phenoxy) is 1. The lowest BCUT2D eigenvalue weighted by Gasteiger charge is -2.25. The van der Waals surface area contributed by atoms with Crippen molar-refractivity contribution in [2.24, 2.45) is 0 Å². The average Bonchev–Trinajstić information content (AvgIpc) is 2.98. The van der Waals surface area contributed by atoms with Crippen LogP contribution in [0.5, 0.6) is 0 Å². The van der Waals surface area contributed by atoms with Gasteiger partial charge in [-0.3, -0.25) is 0 Å². The third-order valence-electron chi connectivity index (χ3n) is 7.70. The Morgan fingerprint density at radius 2 is 1.41 bits per heavy atom. The van der Waals surface area contributed by atoms with E-state index in [-0.39, 0.29) is 6.92 Å². The highest BCUT2D eigenvalue weighted by molar-refractivity contribution is 6.81. The van der Waals surface area contributed by atoms with Crippen molar-refractivity contribution in [1.29, 1.82) is 0 Å². The SMILES string of the molecule is CNCCOBc1cc2c(c3c4ccccc4c4ccccc4c13)COCc1ccc(cc1)B2OCCNC. The predicted octanol–water partition coefficient (Wildman–Crippen LogP) is 2.73. The molecule has 5 aromatic rings. The minimum Gasteiger partial charge on any atom is -0.433 e. The number of hydrogen-bond donors (Lipinski definition) is 2. The second-order valence-electron chi connectivity index (χ2n) is 10.2. The molecule has 0 spiro atoms. The van der Waals surface area contributed by atoms with Gasteiger partial charge in [0.2, 0.25) is 0 Å². The van der Waals surface area contributed by atoms with Crippen LogP contribution < -0.4 is 27.0 Å². The summed E-state index contributed by atoms with van der Waals surface area (Å²) >= 11 is 0. The van der Waals surface area contributed by atoms with Gasteiger partial charge < -0.3 is 24.7 Å². The second-order valence-corrected chi connectivity index (χ2v) is 10.2. The summed E-state index contributed by atoms with van der Waals surface area (Å²) in [5.74, 6) is 0. The Kier molecular flexibility index (Phi) is 7.95. The van der Waals surface area contributed by atoms with Crippen molar-refractivity contribution in [1.82, 2.24) is 10.6 Å². The first-order valence-corrected chi connectivity index (χ1v) is 13.8. The molecule has 0 aromatic heterocycles. The summed E-state index contributed by atoms with van der Waals surface area (Å²) in [7, 11) is 4.43. The van der Waals surface area contributed by atoms with Crippen molar-refractivity contribution in [2.45, 2.75) is 13.2 Å². The fourth-order valence-electron chi connectivity index (χ4n) is 5.84. The summed E-state index contributed by atoms with van der Waals surface area (Å²) in [5.41, 5.74) is 5.86. The zero-order valence-corrected chi connectivity index (χ0v) is 22.8. The molecule has 2 aliphatic rings. The maximum Gasteiger partial charge on any atom is 0.362 e. The van der Waals surface area contributed by atoms with Crippen LogP contribution in [0, 0.1) is 0 Å². The van der Waals surface area contributed by atoms with E-state index >= 15 is 0 Å². The summed E-state index contributed by atoms with van der Waals surface area (Å²) < 4.78 is 19.3. The number of likely N-dealkylation sites (N-methyl/N-ethyl adjacent to an activating group) is 2. The molecular weight excluding hydrogens is 482 g/mol. The summed E-state index contributed by atoms with van der Waals surface area (Å²) in [6.07, 6.45) is 0. The fourth-order valence-corrected chi connectivity index (χ4v) is 5.84. The Bertz CT molecular complexity index is 1610. The van der Waals surface area contributed by atoms with Crippen molar-refractivity contribution >= 4 is 63.1 Å². The van der Waals surface area contributed by atoms with Crippen LogP contribution in [-0.4, -0.2) is 54.8 Å². The molecular formula is C32H34B2N2O3. The van der Waals surface area contributed by atoms with Crippen LogP contribution in [0.15, 0.2) is 78.9 Å². The lowest BCUT2D eigenvalue weighted by atomic mass is 9.52. The highest BCUT2D eigenvalue weighted by Gasteiger charge is 2.29. The topological polar surface area (TPSA) is 51.8 Å². The van der Waals surface area contributed by atoms with E-state index in [9.17, 15) is 0 Å². The third kappa shape index (κ3) is 5.09. The van der Waals surface area contributed by atoms with Gasteiger partial charge in [0, 0.05) is 26.3 Å². The quantitative estimate of drug-likeness (QED) is 0.179. The molecule has 0 atom stereocenters. The first kappa shape index (κ1) is 26.1. The molecule has 39 heavy (non-hydrogen) atoms. The van der Waals surface area contributed by atoms with Crippen molar-refractivity contribution < 1.29 is 14.0 Å². The summed E-state index contributed by atoms with van der Waals surface area (Å²) in [4.78, 5) is 0. The fraction of sp³-hybridized carbons (Fsp3) is 0.250. The van der Waals surface area contributed by atoms with Crippen LogP contribution in [-0.2, 0) is 27.3 Å². The molecule has 0 fully saturated rings. The van der Waals surface area contributed by atoms with Crippen LogP contribution in [0.25, 0.3) is 32.3 Å². The van der Waals surface area contributed by atoms with E-state index in [1.54, 1.807) is 0 Å². The molecule has 7 heteroatoms. The molecule has 2 aliphatic heterocycles. The number of benzene rings is 5. The molecule has 0 amide bonds. The molecule has 0 unspecified atom stereocenters. The van der Waals surface area contributed by atoms with E-state index in [4.69, 9.17) is 14.0 Å². The Balaban J connectivity index is 1.68. The Morgan fingerprint density at radius 3 is 2.10 bits per heavy atom. The number of fused-ring (bicyclic) bond motifs is 10. The van der Waals surface area contributed by atoms with Gasteiger partial charge in [0.15, 0.2) is 0 Å². The predicted molar refractivity (Wildman–Crippen MR) is 165 cm³/mol. The molecule has 0 aliphatic carbocycles. The smallest absolute Gasteiger partial charge is 0.362 e. The van der Waals surface area contributed by atoms with Crippen molar-refractivity contribution in [3.8, 4) is 0 Å². The van der Waals surface area contributed by atoms with Gasteiger partial charge in [-0.25, -0.2) is 0 Å². The molecule has 0 saturated carbocycles. The van der Waals surface area contributed by atoms with Gasteiger partial charge in [-0.1, -0.05) is 78.9 Å². The zero-order chi connectivity index (χ0) is 26.6. The molecule has 2 bridgehead atoms. The van der Waals surface area contributed by atoms with Crippen LogP contribution in [0.4, 0.5) is 0 Å². The lowest BCUT2D eigenvalue weighted by molar-refractivity contribution is 0.108. The Labute approximate surface area is 231 Å². The molecule has 5 nitrogen and oxygen atoms in total. The first-order chi connectivity index (χ1) is 19.3. The van der Waals surface area contributed by atoms with E-state index in [0.29, 0.717) is 33.9 Å². The summed E-state index contributed by atoms with van der Waals surface area (Å²) in [6.45, 7) is 3.71. The number of hydrogen-bond acceptors (Lipinski definition) is 5. The monoisotopic (exact) mass is 516 g/mol. The molecule has 5 aromatic carbocycles. The van der Waals surface area contributed by atoms with Crippen LogP contribution >= 0.6 is 0 Å². The third-order valence-corrected chi connectivity index (χ3v) is 7.70. The largest absolute Gasteiger partial charge is 0.433 e. The van der Waals surface area contributed by atoms with Gasteiger partial charge in [-0.15, -0.1) is 0 Å². The maximum absolute atomic E-state index is 6.64. The first-order valence-electron chi connectivity index (χ1n) is 13.8. The van der Waals surface area contributed by atoms with Crippen molar-refractivity contribution in [2.75, 3.05) is 40.4 Å². The van der Waals surface area contributed by atoms with Gasteiger partial charge in [0.25, 0.3) is 0 Å². The van der Waals surface area contributed by atoms with Crippen LogP contribution in [0.2, 0.25) is 0 Å². The maximum atomic E-state index is 6.64. The lowest BCUT2D eigenvalue weighted by Crippen LogP contribution is -2.49. The van der Waals surface area contributed by atoms with Gasteiger partial charge in [0.1, 0.15) is 0 Å². The molecule has 2 heterocycles. The molecule has 0 saturated heterocycles. The standard InChI is InChI=1S/C32H34B2N2O3/c1-35-15-17-38-33-29-19-30-28(21-37-20-22-11-13-23(14-12-22)34(30)39-18-16-36-2)31-26-9-5-3-7-24(26)25-8-4-6-10-27(25)32(29)31/h3-14,19,33,35-36H,15-18,20-21H2,1-2H3. The normalized spacial score (nSPS) is 13.3. The van der Waals surface area contributed by atoms with Crippen LogP contribution in [0.1, 0.15) is 11.1 Å². The van der Waals surface area contributed by atoms with Crippen LogP contribution in [0.3, 0.4) is 0 Å². The van der Waals surface area contributed by atoms with E-state index < -0.39 is 0 Å². The minimum atomic E-state index is -0.213. The molecule has 196 valence electrons. The van der Waals surface area contributed by atoms with E-state index in [1.807, 2.05) is 14.1 Å². The highest BCUT2D eigenvalue weighted by Crippen LogP contribution is 2.36. The van der Waals surface area contributed by atoms with Crippen molar-refractivity contribution in [3.05, 3.63) is 90.0 Å². The number of rotatable bonds is 9. The van der Waals surface area contributed by atoms with Gasteiger partial charge >= 0.3 is 14.4 Å². The minimum absolute atomic E-state index is 0.213.